The quantitative estimate of drug-likeness (QED) is 0.670. The van der Waals surface area contributed by atoms with Crippen molar-refractivity contribution in [3.63, 3.8) is 0 Å². The molecule has 0 heterocycles. The number of hydrogen-bond acceptors (Lipinski definition) is 3. The molecule has 0 atom stereocenters. The van der Waals surface area contributed by atoms with E-state index in [2.05, 4.69) is 5.32 Å². The van der Waals surface area contributed by atoms with Gasteiger partial charge in [0, 0.05) is 5.56 Å². The summed E-state index contributed by atoms with van der Waals surface area (Å²) in [5.74, 6) is -0.704. The molecule has 0 aliphatic carbocycles. The number of benzene rings is 2. The Morgan fingerprint density at radius 2 is 1.65 bits per heavy atom. The Hall–Kier alpha value is -2.62. The Morgan fingerprint density at radius 1 is 1.00 bits per heavy atom. The first-order valence-electron chi connectivity index (χ1n) is 6.35. The number of carbonyl (C=O) groups is 2. The van der Waals surface area contributed by atoms with Gasteiger partial charge >= 0.3 is 0 Å². The van der Waals surface area contributed by atoms with Gasteiger partial charge in [-0.25, -0.2) is 0 Å². The number of ether oxygens (including phenoxy) is 1. The molecular formula is C16H15NO3. The number of para-hydroxylation sites is 2. The number of anilines is 1. The van der Waals surface area contributed by atoms with Gasteiger partial charge in [-0.2, -0.15) is 0 Å². The Balaban J connectivity index is 2.14. The standard InChI is InChI=1S/C16H15NO3/c1-2-20-14-11-7-6-10-13(14)17-16(19)15(18)12-8-4-3-5-9-12/h3-11H,2H2,1H3,(H,17,19). The zero-order chi connectivity index (χ0) is 14.4. The number of nitrogens with one attached hydrogen (secondary N) is 1. The molecule has 0 bridgehead atoms. The molecular weight excluding hydrogens is 254 g/mol. The molecule has 1 N–H and O–H groups in total. The number of amides is 1. The van der Waals surface area contributed by atoms with E-state index in [0.29, 0.717) is 23.6 Å². The van der Waals surface area contributed by atoms with Gasteiger partial charge in [-0.3, -0.25) is 9.59 Å². The fourth-order valence-electron chi connectivity index (χ4n) is 1.75. The lowest BCUT2D eigenvalue weighted by Gasteiger charge is -2.10. The van der Waals surface area contributed by atoms with Crippen LogP contribution in [-0.2, 0) is 4.79 Å². The van der Waals surface area contributed by atoms with Crippen LogP contribution < -0.4 is 10.1 Å². The van der Waals surface area contributed by atoms with Crippen LogP contribution in [0.25, 0.3) is 0 Å². The van der Waals surface area contributed by atoms with Gasteiger partial charge in [-0.05, 0) is 19.1 Å². The smallest absolute Gasteiger partial charge is 0.296 e. The fourth-order valence-corrected chi connectivity index (χ4v) is 1.75. The first kappa shape index (κ1) is 13.8. The van der Waals surface area contributed by atoms with E-state index < -0.39 is 11.7 Å². The van der Waals surface area contributed by atoms with Gasteiger partial charge in [0.15, 0.2) is 0 Å². The highest BCUT2D eigenvalue weighted by molar-refractivity contribution is 6.46. The molecule has 2 aromatic carbocycles. The first-order chi connectivity index (χ1) is 9.72. The maximum atomic E-state index is 12.0. The van der Waals surface area contributed by atoms with E-state index in [9.17, 15) is 9.59 Å². The number of carbonyl (C=O) groups excluding carboxylic acids is 2. The summed E-state index contributed by atoms with van der Waals surface area (Å²) in [6.45, 7) is 2.34. The minimum absolute atomic E-state index is 0.360. The largest absolute Gasteiger partial charge is 0.492 e. The van der Waals surface area contributed by atoms with Gasteiger partial charge in [0.05, 0.1) is 12.3 Å². The van der Waals surface area contributed by atoms with E-state index in [-0.39, 0.29) is 0 Å². The van der Waals surface area contributed by atoms with Crippen LogP contribution in [0.15, 0.2) is 54.6 Å². The predicted molar refractivity (Wildman–Crippen MR) is 77.0 cm³/mol. The molecule has 0 spiro atoms. The molecule has 102 valence electrons. The van der Waals surface area contributed by atoms with Crippen molar-refractivity contribution < 1.29 is 14.3 Å². The Kier molecular flexibility index (Phi) is 4.50. The van der Waals surface area contributed by atoms with Gasteiger partial charge in [-0.1, -0.05) is 42.5 Å². The molecule has 0 aromatic heterocycles. The maximum absolute atomic E-state index is 12.0. The third-order valence-corrected chi connectivity index (χ3v) is 2.68. The SMILES string of the molecule is CCOc1ccccc1NC(=O)C(=O)c1ccccc1. The van der Waals surface area contributed by atoms with Crippen molar-refractivity contribution in [1.82, 2.24) is 0 Å². The van der Waals surface area contributed by atoms with E-state index in [0.717, 1.165) is 0 Å². The van der Waals surface area contributed by atoms with Gasteiger partial charge in [-0.15, -0.1) is 0 Å². The molecule has 0 aliphatic rings. The van der Waals surface area contributed by atoms with Gasteiger partial charge in [0.25, 0.3) is 11.7 Å². The molecule has 0 saturated carbocycles. The van der Waals surface area contributed by atoms with Crippen molar-refractivity contribution in [2.24, 2.45) is 0 Å². The summed E-state index contributed by atoms with van der Waals surface area (Å²) in [4.78, 5) is 23.9. The summed E-state index contributed by atoms with van der Waals surface area (Å²) >= 11 is 0. The Bertz CT molecular complexity index is 608. The highest BCUT2D eigenvalue weighted by Crippen LogP contribution is 2.23. The minimum atomic E-state index is -0.677. The summed E-state index contributed by atoms with van der Waals surface area (Å²) in [6.07, 6.45) is 0. The summed E-state index contributed by atoms with van der Waals surface area (Å²) in [5.41, 5.74) is 0.850. The number of hydrogen-bond donors (Lipinski definition) is 1. The van der Waals surface area contributed by atoms with Crippen LogP contribution in [0.2, 0.25) is 0 Å². The average Bonchev–Trinajstić information content (AvgIpc) is 2.49. The molecule has 4 nitrogen and oxygen atoms in total. The van der Waals surface area contributed by atoms with E-state index in [1.54, 1.807) is 54.6 Å². The summed E-state index contributed by atoms with van der Waals surface area (Å²) in [7, 11) is 0. The van der Waals surface area contributed by atoms with E-state index in [1.807, 2.05) is 6.92 Å². The molecule has 0 unspecified atom stereocenters. The van der Waals surface area contributed by atoms with Crippen LogP contribution in [0.5, 0.6) is 5.75 Å². The van der Waals surface area contributed by atoms with Crippen molar-refractivity contribution >= 4 is 17.4 Å². The van der Waals surface area contributed by atoms with Crippen molar-refractivity contribution in [2.75, 3.05) is 11.9 Å². The van der Waals surface area contributed by atoms with Crippen LogP contribution in [0.3, 0.4) is 0 Å². The second kappa shape index (κ2) is 6.52. The summed E-state index contributed by atoms with van der Waals surface area (Å²) in [5, 5.41) is 2.58. The monoisotopic (exact) mass is 269 g/mol. The van der Waals surface area contributed by atoms with Crippen molar-refractivity contribution in [3.05, 3.63) is 60.2 Å². The summed E-state index contributed by atoms with van der Waals surface area (Å²) < 4.78 is 5.40. The highest BCUT2D eigenvalue weighted by Gasteiger charge is 2.17. The van der Waals surface area contributed by atoms with Crippen LogP contribution in [0.4, 0.5) is 5.69 Å². The van der Waals surface area contributed by atoms with E-state index >= 15 is 0 Å². The molecule has 2 aromatic rings. The third-order valence-electron chi connectivity index (χ3n) is 2.68. The van der Waals surface area contributed by atoms with Crippen LogP contribution in [0, 0.1) is 0 Å². The second-order valence-corrected chi connectivity index (χ2v) is 4.08. The van der Waals surface area contributed by atoms with Crippen LogP contribution in [-0.4, -0.2) is 18.3 Å². The van der Waals surface area contributed by atoms with E-state index in [1.165, 1.54) is 0 Å². The fraction of sp³-hybridized carbons (Fsp3) is 0.125. The average molecular weight is 269 g/mol. The molecule has 2 rings (SSSR count). The zero-order valence-corrected chi connectivity index (χ0v) is 11.1. The number of ketones is 1. The normalized spacial score (nSPS) is 9.85. The topological polar surface area (TPSA) is 55.4 Å². The van der Waals surface area contributed by atoms with Gasteiger partial charge < -0.3 is 10.1 Å². The van der Waals surface area contributed by atoms with E-state index in [4.69, 9.17) is 4.74 Å². The molecule has 0 aliphatic heterocycles. The molecule has 4 heteroatoms. The van der Waals surface area contributed by atoms with Gasteiger partial charge in [0.1, 0.15) is 5.75 Å². The first-order valence-corrected chi connectivity index (χ1v) is 6.35. The summed E-state index contributed by atoms with van der Waals surface area (Å²) in [6, 6.07) is 15.5. The number of Topliss-reactive ketones (excluding diaryl/α,β-unsaturated/α-hetero) is 1. The second-order valence-electron chi connectivity index (χ2n) is 4.08. The highest BCUT2D eigenvalue weighted by atomic mass is 16.5. The molecule has 0 fully saturated rings. The van der Waals surface area contributed by atoms with Crippen LogP contribution >= 0.6 is 0 Å². The zero-order valence-electron chi connectivity index (χ0n) is 11.1. The molecule has 0 saturated heterocycles. The maximum Gasteiger partial charge on any atom is 0.296 e. The lowest BCUT2D eigenvalue weighted by molar-refractivity contribution is -0.112. The molecule has 0 radical (unpaired) electrons. The Labute approximate surface area is 117 Å². The molecule has 20 heavy (non-hydrogen) atoms. The third kappa shape index (κ3) is 3.23. The minimum Gasteiger partial charge on any atom is -0.492 e. The van der Waals surface area contributed by atoms with Crippen molar-refractivity contribution in [1.29, 1.82) is 0 Å². The molecule has 1 amide bonds. The van der Waals surface area contributed by atoms with Crippen molar-refractivity contribution in [2.45, 2.75) is 6.92 Å². The van der Waals surface area contributed by atoms with Crippen molar-refractivity contribution in [3.8, 4) is 5.75 Å². The van der Waals surface area contributed by atoms with Gasteiger partial charge in [0.2, 0.25) is 0 Å². The number of rotatable bonds is 5. The lowest BCUT2D eigenvalue weighted by atomic mass is 10.1. The predicted octanol–water partition coefficient (Wildman–Crippen LogP) is 2.91. The van der Waals surface area contributed by atoms with Crippen LogP contribution in [0.1, 0.15) is 17.3 Å². The lowest BCUT2D eigenvalue weighted by Crippen LogP contribution is -2.23. The Morgan fingerprint density at radius 3 is 2.35 bits per heavy atom.